The zero-order chi connectivity index (χ0) is 24.7. The predicted octanol–water partition coefficient (Wildman–Crippen LogP) is 3.87. The van der Waals surface area contributed by atoms with Crippen molar-refractivity contribution in [1.29, 1.82) is 5.26 Å². The topological polar surface area (TPSA) is 85.7 Å². The molecule has 0 aromatic rings. The van der Waals surface area contributed by atoms with Crippen molar-refractivity contribution in [2.45, 2.75) is 102 Å². The summed E-state index contributed by atoms with van der Waals surface area (Å²) in [5.41, 5.74) is -0.834. The molecule has 0 aromatic heterocycles. The Bertz CT molecular complexity index is 756. The number of rotatable bonds is 8. The van der Waals surface area contributed by atoms with Gasteiger partial charge < -0.3 is 15.0 Å². The molecular weight excluding hydrogens is 440 g/mol. The lowest BCUT2D eigenvalue weighted by atomic mass is 9.81. The van der Waals surface area contributed by atoms with Gasteiger partial charge in [0.05, 0.1) is 19.3 Å². The van der Waals surface area contributed by atoms with E-state index < -0.39 is 5.54 Å². The van der Waals surface area contributed by atoms with E-state index in [1.54, 1.807) is 0 Å². The lowest BCUT2D eigenvalue weighted by Crippen LogP contribution is -2.53. The van der Waals surface area contributed by atoms with E-state index in [9.17, 15) is 14.9 Å². The van der Waals surface area contributed by atoms with Crippen molar-refractivity contribution in [3.8, 4) is 6.07 Å². The molecule has 35 heavy (non-hydrogen) atoms. The molecule has 2 amide bonds. The number of hydrogen-bond acceptors (Lipinski definition) is 5. The molecule has 2 saturated carbocycles. The molecular formula is C28H46N4O3. The lowest BCUT2D eigenvalue weighted by molar-refractivity contribution is -0.140. The summed E-state index contributed by atoms with van der Waals surface area (Å²) in [4.78, 5) is 31.1. The number of morpholine rings is 1. The van der Waals surface area contributed by atoms with E-state index in [-0.39, 0.29) is 24.2 Å². The maximum Gasteiger partial charge on any atom is 0.224 e. The number of amides is 2. The highest BCUT2D eigenvalue weighted by atomic mass is 16.5. The Labute approximate surface area is 211 Å². The summed E-state index contributed by atoms with van der Waals surface area (Å²) in [7, 11) is 0. The van der Waals surface area contributed by atoms with E-state index in [0.717, 1.165) is 25.8 Å². The second-order valence-corrected chi connectivity index (χ2v) is 11.6. The molecule has 1 N–H and O–H groups in total. The molecule has 7 heteroatoms. The van der Waals surface area contributed by atoms with Crippen molar-refractivity contribution >= 4 is 11.8 Å². The van der Waals surface area contributed by atoms with Crippen LogP contribution < -0.4 is 5.32 Å². The Morgan fingerprint density at radius 3 is 2.49 bits per heavy atom. The van der Waals surface area contributed by atoms with Crippen LogP contribution in [0.2, 0.25) is 0 Å². The summed E-state index contributed by atoms with van der Waals surface area (Å²) in [5.74, 6) is 0.806. The Morgan fingerprint density at radius 1 is 1.06 bits per heavy atom. The Balaban J connectivity index is 1.42. The van der Waals surface area contributed by atoms with Gasteiger partial charge in [-0.25, -0.2) is 0 Å². The van der Waals surface area contributed by atoms with Crippen molar-refractivity contribution in [2.24, 2.45) is 17.8 Å². The summed E-state index contributed by atoms with van der Waals surface area (Å²) < 4.78 is 5.40. The van der Waals surface area contributed by atoms with Crippen molar-refractivity contribution < 1.29 is 14.3 Å². The first-order valence-corrected chi connectivity index (χ1v) is 14.4. The van der Waals surface area contributed by atoms with Gasteiger partial charge in [0.15, 0.2) is 0 Å². The third kappa shape index (κ3) is 6.77. The molecule has 0 bridgehead atoms. The SMILES string of the molecule is CC[C@@H]1CCCC[C@H]1N1CC[C@](C#N)(NC(=O)[C@@H](CC(=O)N2CCOCC2)CC2CCCCC2)C1. The quantitative estimate of drug-likeness (QED) is 0.563. The number of carbonyl (C=O) groups is 2. The van der Waals surface area contributed by atoms with E-state index >= 15 is 0 Å². The molecule has 7 nitrogen and oxygen atoms in total. The summed E-state index contributed by atoms with van der Waals surface area (Å²) in [6.45, 7) is 6.11. The van der Waals surface area contributed by atoms with Crippen LogP contribution in [0.1, 0.15) is 90.4 Å². The van der Waals surface area contributed by atoms with Gasteiger partial charge in [-0.15, -0.1) is 0 Å². The van der Waals surface area contributed by atoms with Crippen LogP contribution in [0.3, 0.4) is 0 Å². The highest BCUT2D eigenvalue weighted by Gasteiger charge is 2.45. The Hall–Kier alpha value is -1.65. The van der Waals surface area contributed by atoms with Crippen molar-refractivity contribution in [3.63, 3.8) is 0 Å². The molecule has 4 rings (SSSR count). The maximum atomic E-state index is 13.7. The van der Waals surface area contributed by atoms with E-state index in [1.165, 1.54) is 51.4 Å². The first-order valence-electron chi connectivity index (χ1n) is 14.4. The minimum absolute atomic E-state index is 0.0521. The number of nitrogens with one attached hydrogen (secondary N) is 1. The summed E-state index contributed by atoms with van der Waals surface area (Å²) in [5, 5.41) is 13.4. The highest BCUT2D eigenvalue weighted by Crippen LogP contribution is 2.35. The van der Waals surface area contributed by atoms with Crippen LogP contribution in [0.15, 0.2) is 0 Å². The van der Waals surface area contributed by atoms with E-state index in [2.05, 4.69) is 23.2 Å². The average Bonchev–Trinajstić information content (AvgIpc) is 3.33. The second kappa shape index (κ2) is 12.5. The fraction of sp³-hybridized carbons (Fsp3) is 0.893. The largest absolute Gasteiger partial charge is 0.378 e. The normalized spacial score (nSPS) is 31.6. The standard InChI is InChI=1S/C28H46N4O3/c1-2-23-10-6-7-11-25(23)32-13-12-28(20-29,21-32)30-27(34)24(18-22-8-4-3-5-9-22)19-26(33)31-14-16-35-17-15-31/h22-25H,2-19,21H2,1H3,(H,30,34)/t23-,24-,25-,28-/m1/s1. The van der Waals surface area contributed by atoms with Gasteiger partial charge in [0.2, 0.25) is 11.8 Å². The number of ether oxygens (including phenoxy) is 1. The molecule has 0 radical (unpaired) electrons. The molecule has 2 aliphatic carbocycles. The highest BCUT2D eigenvalue weighted by molar-refractivity contribution is 5.86. The van der Waals surface area contributed by atoms with E-state index in [0.29, 0.717) is 57.1 Å². The van der Waals surface area contributed by atoms with Crippen LogP contribution in [-0.2, 0) is 14.3 Å². The molecule has 196 valence electrons. The van der Waals surface area contributed by atoms with E-state index in [1.807, 2.05) is 4.90 Å². The van der Waals surface area contributed by atoms with Gasteiger partial charge >= 0.3 is 0 Å². The van der Waals surface area contributed by atoms with Crippen LogP contribution in [-0.4, -0.2) is 72.6 Å². The zero-order valence-electron chi connectivity index (χ0n) is 21.8. The predicted molar refractivity (Wildman–Crippen MR) is 135 cm³/mol. The van der Waals surface area contributed by atoms with Gasteiger partial charge in [-0.3, -0.25) is 14.5 Å². The molecule has 2 aliphatic heterocycles. The minimum atomic E-state index is -0.834. The van der Waals surface area contributed by atoms with Gasteiger partial charge in [0, 0.05) is 44.6 Å². The number of hydrogen-bond donors (Lipinski definition) is 1. The maximum absolute atomic E-state index is 13.7. The second-order valence-electron chi connectivity index (χ2n) is 11.6. The van der Waals surface area contributed by atoms with Crippen LogP contribution in [0.4, 0.5) is 0 Å². The fourth-order valence-corrected chi connectivity index (χ4v) is 7.09. The number of likely N-dealkylation sites (tertiary alicyclic amines) is 1. The molecule has 4 fully saturated rings. The summed E-state index contributed by atoms with van der Waals surface area (Å²) >= 11 is 0. The van der Waals surface area contributed by atoms with Crippen LogP contribution in [0.5, 0.6) is 0 Å². The van der Waals surface area contributed by atoms with Gasteiger partial charge in [0.25, 0.3) is 0 Å². The monoisotopic (exact) mass is 486 g/mol. The van der Waals surface area contributed by atoms with Gasteiger partial charge in [-0.2, -0.15) is 5.26 Å². The van der Waals surface area contributed by atoms with Crippen LogP contribution in [0.25, 0.3) is 0 Å². The summed E-state index contributed by atoms with van der Waals surface area (Å²) in [6, 6.07) is 3.03. The third-order valence-electron chi connectivity index (χ3n) is 9.24. The van der Waals surface area contributed by atoms with Gasteiger partial charge in [0.1, 0.15) is 5.54 Å². The number of nitrogens with zero attached hydrogens (tertiary/aromatic N) is 3. The molecule has 4 atom stereocenters. The Kier molecular flexibility index (Phi) is 9.46. The fourth-order valence-electron chi connectivity index (χ4n) is 7.09. The van der Waals surface area contributed by atoms with E-state index in [4.69, 9.17) is 4.74 Å². The average molecular weight is 487 g/mol. The molecule has 0 aromatic carbocycles. The van der Waals surface area contributed by atoms with Gasteiger partial charge in [-0.1, -0.05) is 58.3 Å². The smallest absolute Gasteiger partial charge is 0.224 e. The number of carbonyl (C=O) groups excluding carboxylic acids is 2. The Morgan fingerprint density at radius 2 is 1.77 bits per heavy atom. The molecule has 0 spiro atoms. The molecule has 0 unspecified atom stereocenters. The molecule has 4 aliphatic rings. The van der Waals surface area contributed by atoms with Crippen molar-refractivity contribution in [2.75, 3.05) is 39.4 Å². The first kappa shape index (κ1) is 26.4. The van der Waals surface area contributed by atoms with Gasteiger partial charge in [-0.05, 0) is 37.5 Å². The van der Waals surface area contributed by atoms with Crippen LogP contribution in [0, 0.1) is 29.1 Å². The third-order valence-corrected chi connectivity index (χ3v) is 9.24. The lowest BCUT2D eigenvalue weighted by Gasteiger charge is -2.38. The molecule has 2 saturated heterocycles. The minimum Gasteiger partial charge on any atom is -0.378 e. The number of nitriles is 1. The zero-order valence-corrected chi connectivity index (χ0v) is 21.8. The summed E-state index contributed by atoms with van der Waals surface area (Å²) in [6.07, 6.45) is 13.9. The van der Waals surface area contributed by atoms with Crippen molar-refractivity contribution in [1.82, 2.24) is 15.1 Å². The molecule has 2 heterocycles. The van der Waals surface area contributed by atoms with Crippen LogP contribution >= 0.6 is 0 Å². The van der Waals surface area contributed by atoms with Crippen molar-refractivity contribution in [3.05, 3.63) is 0 Å². The first-order chi connectivity index (χ1) is 17.0.